The van der Waals surface area contributed by atoms with Crippen molar-refractivity contribution in [3.8, 4) is 0 Å². The van der Waals surface area contributed by atoms with Crippen LogP contribution in [0.4, 0.5) is 0 Å². The van der Waals surface area contributed by atoms with Crippen molar-refractivity contribution >= 4 is 11.7 Å². The van der Waals surface area contributed by atoms with Crippen LogP contribution in [0, 0.1) is 0 Å². The largest absolute Gasteiger partial charge is 0.394 e. The lowest BCUT2D eigenvalue weighted by Gasteiger charge is -2.49. The van der Waals surface area contributed by atoms with Crippen LogP contribution in [-0.2, 0) is 38.0 Å². The molecule has 22 heteroatoms. The van der Waals surface area contributed by atoms with Gasteiger partial charge in [0.1, 0.15) is 79.4 Å². The second kappa shape index (κ2) is 43.9. The van der Waals surface area contributed by atoms with Crippen LogP contribution in [0.1, 0.15) is 233 Å². The molecule has 0 unspecified atom stereocenters. The topological polar surface area (TPSA) is 365 Å². The molecule has 83 heavy (non-hydrogen) atoms. The summed E-state index contributed by atoms with van der Waals surface area (Å²) in [5.74, 6) is -2.49. The van der Waals surface area contributed by atoms with Gasteiger partial charge in [-0.15, -0.1) is 0 Å². The number of unbranched alkanes of at least 4 members (excludes halogenated alkanes) is 29. The Morgan fingerprint density at radius 3 is 1.28 bits per heavy atom. The summed E-state index contributed by atoms with van der Waals surface area (Å²) in [7, 11) is 0. The van der Waals surface area contributed by atoms with Gasteiger partial charge in [-0.2, -0.15) is 0 Å². The van der Waals surface area contributed by atoms with Gasteiger partial charge in [-0.3, -0.25) is 9.59 Å². The van der Waals surface area contributed by atoms with Crippen molar-refractivity contribution in [1.82, 2.24) is 5.32 Å². The molecule has 1 amide bonds. The van der Waals surface area contributed by atoms with E-state index in [0.717, 1.165) is 64.2 Å². The molecule has 3 aliphatic heterocycles. The summed E-state index contributed by atoms with van der Waals surface area (Å²) in [6, 6.07) is -1.62. The van der Waals surface area contributed by atoms with Gasteiger partial charge < -0.3 is 100 Å². The molecule has 490 valence electrons. The summed E-state index contributed by atoms with van der Waals surface area (Å²) in [4.78, 5) is 26.9. The van der Waals surface area contributed by atoms with Gasteiger partial charge in [-0.25, -0.2) is 0 Å². The Labute approximate surface area is 494 Å². The highest BCUT2D eigenvalue weighted by Crippen LogP contribution is 2.34. The molecule has 0 aromatic rings. The van der Waals surface area contributed by atoms with Gasteiger partial charge in [0.25, 0.3) is 5.91 Å². The number of nitrogens with one attached hydrogen (secondary N) is 1. The predicted octanol–water partition coefficient (Wildman–Crippen LogP) is 3.89. The number of carbonyl (C=O) groups excluding carboxylic acids is 2. The number of aliphatic hydroxyl groups is 13. The molecule has 0 saturated carbocycles. The number of ketones is 1. The van der Waals surface area contributed by atoms with Crippen LogP contribution < -0.4 is 5.32 Å². The number of aliphatic hydroxyl groups excluding tert-OH is 13. The van der Waals surface area contributed by atoms with Crippen LogP contribution >= 0.6 is 0 Å². The molecule has 3 fully saturated rings. The maximum absolute atomic E-state index is 13.6. The molecule has 3 saturated heterocycles. The van der Waals surface area contributed by atoms with Crippen molar-refractivity contribution in [2.75, 3.05) is 19.8 Å². The quantitative estimate of drug-likeness (QED) is 0.0303. The van der Waals surface area contributed by atoms with Gasteiger partial charge in [0.05, 0.1) is 38.1 Å². The Bertz CT molecular complexity index is 1640. The molecule has 0 aromatic heterocycles. The first-order valence-electron chi connectivity index (χ1n) is 32.4. The van der Waals surface area contributed by atoms with Crippen molar-refractivity contribution < 1.29 is 104 Å². The first-order valence-corrected chi connectivity index (χ1v) is 32.4. The zero-order chi connectivity index (χ0) is 61.1. The Hall–Kier alpha value is -1.62. The minimum Gasteiger partial charge on any atom is -0.394 e. The van der Waals surface area contributed by atoms with Crippen molar-refractivity contribution in [3.63, 3.8) is 0 Å². The van der Waals surface area contributed by atoms with E-state index < -0.39 is 154 Å². The highest BCUT2D eigenvalue weighted by atomic mass is 16.8. The third-order valence-electron chi connectivity index (χ3n) is 16.9. The number of hydrogen-bond acceptors (Lipinski definition) is 21. The van der Waals surface area contributed by atoms with E-state index in [1.54, 1.807) is 0 Å². The van der Waals surface area contributed by atoms with E-state index in [2.05, 4.69) is 19.2 Å². The maximum Gasteiger partial charge on any atom is 0.257 e. The van der Waals surface area contributed by atoms with E-state index in [-0.39, 0.29) is 12.8 Å². The Morgan fingerprint density at radius 1 is 0.446 bits per heavy atom. The third-order valence-corrected chi connectivity index (χ3v) is 16.9. The van der Waals surface area contributed by atoms with E-state index >= 15 is 0 Å². The van der Waals surface area contributed by atoms with E-state index in [1.807, 2.05) is 0 Å². The molecule has 0 spiro atoms. The fourth-order valence-electron chi connectivity index (χ4n) is 11.3. The van der Waals surface area contributed by atoms with Crippen LogP contribution in [0.15, 0.2) is 0 Å². The minimum absolute atomic E-state index is 0.00357. The Morgan fingerprint density at radius 2 is 0.831 bits per heavy atom. The zero-order valence-electron chi connectivity index (χ0n) is 50.6. The van der Waals surface area contributed by atoms with E-state index in [4.69, 9.17) is 28.4 Å². The first kappa shape index (κ1) is 75.6. The van der Waals surface area contributed by atoms with Crippen LogP contribution in [0.5, 0.6) is 0 Å². The van der Waals surface area contributed by atoms with Gasteiger partial charge in [0, 0.05) is 0 Å². The minimum atomic E-state index is -2.39. The van der Waals surface area contributed by atoms with Crippen LogP contribution in [-0.4, -0.2) is 220 Å². The number of rotatable bonds is 48. The number of carbonyl (C=O) groups is 2. The molecular formula is C61H115NO21. The predicted molar refractivity (Wildman–Crippen MR) is 308 cm³/mol. The number of amides is 1. The number of ether oxygens (including phenoxy) is 6. The van der Waals surface area contributed by atoms with Crippen LogP contribution in [0.2, 0.25) is 0 Å². The molecule has 0 aromatic carbocycles. The molecule has 3 heterocycles. The number of Topliss-reactive ketones (excluding diaryl/α,β-unsaturated/α-hetero) is 1. The Kier molecular flexibility index (Phi) is 40.0. The molecule has 22 nitrogen and oxygen atoms in total. The lowest BCUT2D eigenvalue weighted by atomic mass is 9.96. The molecule has 20 atom stereocenters. The number of hydrogen-bond donors (Lipinski definition) is 14. The molecule has 0 aliphatic carbocycles. The fourth-order valence-corrected chi connectivity index (χ4v) is 11.3. The third kappa shape index (κ3) is 27.3. The molecule has 0 bridgehead atoms. The zero-order valence-corrected chi connectivity index (χ0v) is 50.6. The smallest absolute Gasteiger partial charge is 0.257 e. The van der Waals surface area contributed by atoms with E-state index in [0.29, 0.717) is 12.8 Å². The maximum atomic E-state index is 13.6. The van der Waals surface area contributed by atoms with Crippen molar-refractivity contribution in [3.05, 3.63) is 0 Å². The molecule has 3 aliphatic rings. The monoisotopic (exact) mass is 1200 g/mol. The van der Waals surface area contributed by atoms with Gasteiger partial charge in [-0.1, -0.05) is 213 Å². The SMILES string of the molecule is CCCCCCCCCCCCCCCCCCCCC[C@@H](O)C(=O)[C@@H](O)C(=O)N[C@@H](CO[C@@H]1O[C@H](CO)[C@@H](O[C@@H]2O[C@H](CO)[C@H](O)[C@H](O)[C@H]2O)[C@H](O[C@H]2O[C@H](C)[C@H](O)[C@H](O)[C@H]2O)[C@H]1O)[C@H](O)[C@H](O)CCCCCCCCCCCCCC. The van der Waals surface area contributed by atoms with Crippen molar-refractivity contribution in [2.45, 2.75) is 355 Å². The van der Waals surface area contributed by atoms with Gasteiger partial charge in [0.15, 0.2) is 30.8 Å². The molecule has 0 radical (unpaired) electrons. The summed E-state index contributed by atoms with van der Waals surface area (Å²) in [6.45, 7) is 3.21. The molecule has 3 rings (SSSR count). The summed E-state index contributed by atoms with van der Waals surface area (Å²) >= 11 is 0. The summed E-state index contributed by atoms with van der Waals surface area (Å²) in [5, 5.41) is 143. The summed E-state index contributed by atoms with van der Waals surface area (Å²) < 4.78 is 34.9. The average molecular weight is 1200 g/mol. The molecule has 14 N–H and O–H groups in total. The highest BCUT2D eigenvalue weighted by molar-refractivity contribution is 6.05. The van der Waals surface area contributed by atoms with E-state index in [1.165, 1.54) is 129 Å². The van der Waals surface area contributed by atoms with Crippen LogP contribution in [0.3, 0.4) is 0 Å². The highest BCUT2D eigenvalue weighted by Gasteiger charge is 2.54. The second-order valence-corrected chi connectivity index (χ2v) is 24.0. The van der Waals surface area contributed by atoms with Gasteiger partial charge >= 0.3 is 0 Å². The Balaban J connectivity index is 1.64. The van der Waals surface area contributed by atoms with Crippen molar-refractivity contribution in [2.24, 2.45) is 0 Å². The molecular weight excluding hydrogens is 1080 g/mol. The van der Waals surface area contributed by atoms with Gasteiger partial charge in [-0.05, 0) is 19.8 Å². The summed E-state index contributed by atoms with van der Waals surface area (Å²) in [6.07, 6.45) is 1.45. The second-order valence-electron chi connectivity index (χ2n) is 24.0. The van der Waals surface area contributed by atoms with Crippen molar-refractivity contribution in [1.29, 1.82) is 0 Å². The van der Waals surface area contributed by atoms with Crippen LogP contribution in [0.25, 0.3) is 0 Å². The fraction of sp³-hybridized carbons (Fsp3) is 0.967. The lowest BCUT2D eigenvalue weighted by molar-refractivity contribution is -0.386. The standard InChI is InChI=1S/C61H115NO21/c1-4-6-8-10-12-14-16-18-19-20-21-22-23-24-26-28-30-32-34-36-43(66)48(69)52(73)58(77)62-41(47(68)42(65)35-33-31-29-27-25-17-15-13-11-9-7-5-2)39-78-59-55(76)57(83-60-53(74)50(71)46(67)40(3)79-60)56(45(38-64)81-59)82-61-54(75)51(72)49(70)44(37-63)80-61/h40-47,49-57,59-61,63-68,70-76H,4-39H2,1-3H3,(H,62,77)/t40-,41+,42-,43-,44-,45-,46+,47+,49+,50+,51+,52-,53-,54-,55-,56-,57-,59-,60-,61+/m1/s1. The summed E-state index contributed by atoms with van der Waals surface area (Å²) in [5.41, 5.74) is 0. The average Bonchev–Trinajstić information content (AvgIpc) is 3.20. The van der Waals surface area contributed by atoms with E-state index in [9.17, 15) is 76.0 Å². The normalized spacial score (nSPS) is 30.4. The first-order chi connectivity index (χ1) is 39.9. The van der Waals surface area contributed by atoms with Gasteiger partial charge in [0.2, 0.25) is 0 Å². The lowest BCUT2D eigenvalue weighted by Crippen LogP contribution is -2.67.